The van der Waals surface area contributed by atoms with Gasteiger partial charge in [-0.2, -0.15) is 13.2 Å². The first-order chi connectivity index (χ1) is 14.4. The Balaban J connectivity index is 1.92. The molecule has 11 nitrogen and oxygen atoms in total. The first-order valence-corrected chi connectivity index (χ1v) is 11.8. The molecule has 1 saturated heterocycles. The first kappa shape index (κ1) is 24.2. The molecular weight excluding hydrogens is 466 g/mol. The summed E-state index contributed by atoms with van der Waals surface area (Å²) < 4.78 is 49.4. The van der Waals surface area contributed by atoms with E-state index in [9.17, 15) is 33.2 Å². The van der Waals surface area contributed by atoms with Gasteiger partial charge in [-0.3, -0.25) is 4.57 Å². The summed E-state index contributed by atoms with van der Waals surface area (Å²) in [6, 6.07) is 0. The fraction of sp³-hybridized carbons (Fsp3) is 0.667. The van der Waals surface area contributed by atoms with Crippen molar-refractivity contribution >= 4 is 35.5 Å². The predicted molar refractivity (Wildman–Crippen MR) is 104 cm³/mol. The SMILES string of the molecule is CCNc1nc(CCC(F)(F)F)nc2c1ncn2[C@@H]1O[C@H](COP(O)(O)=S)[C@@H](O)[C@H]1O. The van der Waals surface area contributed by atoms with Crippen molar-refractivity contribution in [3.8, 4) is 0 Å². The number of hydrogen-bond acceptors (Lipinski definition) is 9. The molecule has 1 fully saturated rings. The summed E-state index contributed by atoms with van der Waals surface area (Å²) in [7, 11) is 0. The lowest BCUT2D eigenvalue weighted by atomic mass is 10.1. The Labute approximate surface area is 179 Å². The minimum absolute atomic E-state index is 0.0864. The molecule has 3 heterocycles. The summed E-state index contributed by atoms with van der Waals surface area (Å²) >= 11 is 4.35. The molecule has 3 rings (SSSR count). The molecule has 0 aromatic carbocycles. The number of nitrogens with zero attached hydrogens (tertiary/aromatic N) is 4. The number of nitrogens with one attached hydrogen (secondary N) is 1. The molecule has 0 amide bonds. The van der Waals surface area contributed by atoms with Gasteiger partial charge in [0, 0.05) is 13.0 Å². The zero-order valence-electron chi connectivity index (χ0n) is 16.1. The van der Waals surface area contributed by atoms with Crippen LogP contribution in [0.3, 0.4) is 0 Å². The highest BCUT2D eigenvalue weighted by atomic mass is 32.5. The molecule has 31 heavy (non-hydrogen) atoms. The second kappa shape index (κ2) is 9.19. The molecule has 16 heteroatoms. The molecular formula is C15H21F3N5O6PS. The minimum atomic E-state index is -4.39. The lowest BCUT2D eigenvalue weighted by molar-refractivity contribution is -0.134. The van der Waals surface area contributed by atoms with Crippen LogP contribution >= 0.6 is 6.72 Å². The van der Waals surface area contributed by atoms with Gasteiger partial charge in [0.05, 0.1) is 19.4 Å². The van der Waals surface area contributed by atoms with E-state index < -0.39 is 56.9 Å². The summed E-state index contributed by atoms with van der Waals surface area (Å²) in [5.41, 5.74) is 0.333. The Morgan fingerprint density at radius 2 is 2.00 bits per heavy atom. The van der Waals surface area contributed by atoms with Crippen molar-refractivity contribution in [1.82, 2.24) is 19.5 Å². The van der Waals surface area contributed by atoms with E-state index >= 15 is 0 Å². The second-order valence-corrected chi connectivity index (χ2v) is 9.46. The Hall–Kier alpha value is -1.45. The smallest absolute Gasteiger partial charge is 0.387 e. The van der Waals surface area contributed by atoms with Crippen molar-refractivity contribution in [3.05, 3.63) is 12.2 Å². The summed E-state index contributed by atoms with van der Waals surface area (Å²) in [5.74, 6) is 0.134. The molecule has 174 valence electrons. The maximum absolute atomic E-state index is 12.6. The number of fused-ring (bicyclic) bond motifs is 1. The minimum Gasteiger partial charge on any atom is -0.387 e. The fourth-order valence-corrected chi connectivity index (χ4v) is 3.59. The quantitative estimate of drug-likeness (QED) is 0.333. The molecule has 2 aromatic heterocycles. The Morgan fingerprint density at radius 3 is 2.61 bits per heavy atom. The van der Waals surface area contributed by atoms with Crippen molar-refractivity contribution in [2.75, 3.05) is 18.5 Å². The monoisotopic (exact) mass is 487 g/mol. The van der Waals surface area contributed by atoms with Crippen LogP contribution in [0.1, 0.15) is 25.4 Å². The first-order valence-electron chi connectivity index (χ1n) is 9.15. The molecule has 4 atom stereocenters. The van der Waals surface area contributed by atoms with Gasteiger partial charge in [-0.05, 0) is 18.7 Å². The summed E-state index contributed by atoms with van der Waals surface area (Å²) in [6.07, 6.45) is -10.1. The number of ether oxygens (including phenoxy) is 1. The summed E-state index contributed by atoms with van der Waals surface area (Å²) in [4.78, 5) is 30.8. The van der Waals surface area contributed by atoms with E-state index in [2.05, 4.69) is 32.1 Å². The maximum Gasteiger partial charge on any atom is 0.389 e. The Bertz CT molecular complexity index is 972. The lowest BCUT2D eigenvalue weighted by Gasteiger charge is -2.17. The lowest BCUT2D eigenvalue weighted by Crippen LogP contribution is -2.33. The second-order valence-electron chi connectivity index (χ2n) is 6.79. The third-order valence-electron chi connectivity index (χ3n) is 4.46. The normalized spacial score (nSPS) is 24.8. The molecule has 0 unspecified atom stereocenters. The van der Waals surface area contributed by atoms with Crippen LogP contribution in [-0.4, -0.2) is 77.2 Å². The van der Waals surface area contributed by atoms with Gasteiger partial charge in [0.2, 0.25) is 0 Å². The average Bonchev–Trinajstić information content (AvgIpc) is 3.19. The van der Waals surface area contributed by atoms with Gasteiger partial charge in [0.15, 0.2) is 23.2 Å². The number of aryl methyl sites for hydroxylation is 1. The van der Waals surface area contributed by atoms with E-state index in [1.54, 1.807) is 6.92 Å². The molecule has 1 aliphatic rings. The van der Waals surface area contributed by atoms with Gasteiger partial charge in [-0.15, -0.1) is 0 Å². The average molecular weight is 487 g/mol. The van der Waals surface area contributed by atoms with E-state index in [0.717, 1.165) is 0 Å². The van der Waals surface area contributed by atoms with Gasteiger partial charge < -0.3 is 34.6 Å². The van der Waals surface area contributed by atoms with Crippen LogP contribution in [0.4, 0.5) is 19.0 Å². The van der Waals surface area contributed by atoms with Crippen molar-refractivity contribution in [2.45, 2.75) is 50.5 Å². The molecule has 0 spiro atoms. The van der Waals surface area contributed by atoms with Crippen LogP contribution < -0.4 is 5.32 Å². The number of hydrogen-bond donors (Lipinski definition) is 5. The maximum atomic E-state index is 12.6. The summed E-state index contributed by atoms with van der Waals surface area (Å²) in [5, 5.41) is 23.5. The highest BCUT2D eigenvalue weighted by molar-refractivity contribution is 8.06. The summed E-state index contributed by atoms with van der Waals surface area (Å²) in [6.45, 7) is -2.31. The molecule has 0 saturated carbocycles. The number of aliphatic hydroxyl groups excluding tert-OH is 2. The van der Waals surface area contributed by atoms with Gasteiger partial charge in [0.1, 0.15) is 24.1 Å². The van der Waals surface area contributed by atoms with Crippen LogP contribution in [0.5, 0.6) is 0 Å². The molecule has 0 radical (unpaired) electrons. The van der Waals surface area contributed by atoms with Crippen LogP contribution in [0, 0.1) is 0 Å². The molecule has 0 bridgehead atoms. The number of halogens is 3. The number of rotatable bonds is 8. The number of aromatic nitrogens is 4. The highest BCUT2D eigenvalue weighted by Gasteiger charge is 2.45. The van der Waals surface area contributed by atoms with E-state index in [1.807, 2.05) is 0 Å². The topological polar surface area (TPSA) is 155 Å². The zero-order valence-corrected chi connectivity index (χ0v) is 17.8. The fourth-order valence-electron chi connectivity index (χ4n) is 3.07. The van der Waals surface area contributed by atoms with Crippen LogP contribution in [0.2, 0.25) is 0 Å². The molecule has 0 aliphatic carbocycles. The van der Waals surface area contributed by atoms with E-state index in [1.165, 1.54) is 10.9 Å². The third-order valence-corrected chi connectivity index (χ3v) is 5.26. The van der Waals surface area contributed by atoms with Gasteiger partial charge in [-0.25, -0.2) is 15.0 Å². The Kier molecular flexibility index (Phi) is 7.18. The van der Waals surface area contributed by atoms with Crippen LogP contribution in [0.15, 0.2) is 6.33 Å². The van der Waals surface area contributed by atoms with Crippen molar-refractivity contribution in [1.29, 1.82) is 0 Å². The number of imidazole rings is 1. The highest BCUT2D eigenvalue weighted by Crippen LogP contribution is 2.39. The predicted octanol–water partition coefficient (Wildman–Crippen LogP) is 0.598. The zero-order chi connectivity index (χ0) is 23.0. The van der Waals surface area contributed by atoms with E-state index in [-0.39, 0.29) is 22.8 Å². The number of aliphatic hydroxyl groups is 2. The molecule has 2 aromatic rings. The van der Waals surface area contributed by atoms with Gasteiger partial charge >= 0.3 is 12.9 Å². The van der Waals surface area contributed by atoms with Crippen molar-refractivity contribution < 1.29 is 42.4 Å². The Morgan fingerprint density at radius 1 is 1.29 bits per heavy atom. The number of anilines is 1. The third kappa shape index (κ3) is 5.87. The van der Waals surface area contributed by atoms with Gasteiger partial charge in [-0.1, -0.05) is 0 Å². The largest absolute Gasteiger partial charge is 0.389 e. The standard InChI is InChI=1S/C15H21F3N5O6PS/c1-2-19-12-9-13(22-8(21-12)3-4-15(16,17)18)23(6-20-9)14-11(25)10(24)7(29-14)5-28-30(26,27)31/h6-7,10-11,14,24-25H,2-5H2,1H3,(H,19,21,22)(H2,26,27,31)/t7-,10-,11-,14-/m1/s1. The van der Waals surface area contributed by atoms with Crippen LogP contribution in [-0.2, 0) is 27.5 Å². The van der Waals surface area contributed by atoms with Gasteiger partial charge in [0.25, 0.3) is 0 Å². The number of alkyl halides is 3. The molecule has 1 aliphatic heterocycles. The van der Waals surface area contributed by atoms with Crippen LogP contribution in [0.25, 0.3) is 11.2 Å². The van der Waals surface area contributed by atoms with Crippen molar-refractivity contribution in [3.63, 3.8) is 0 Å². The van der Waals surface area contributed by atoms with E-state index in [0.29, 0.717) is 6.54 Å². The van der Waals surface area contributed by atoms with Crippen molar-refractivity contribution in [2.24, 2.45) is 0 Å². The van der Waals surface area contributed by atoms with E-state index in [4.69, 9.17) is 9.26 Å². The molecule has 5 N–H and O–H groups in total.